The summed E-state index contributed by atoms with van der Waals surface area (Å²) in [4.78, 5) is 11.8. The van der Waals surface area contributed by atoms with E-state index in [1.54, 1.807) is 31.3 Å². The molecule has 2 aromatic rings. The summed E-state index contributed by atoms with van der Waals surface area (Å²) >= 11 is 0. The number of amides is 1. The minimum Gasteiger partial charge on any atom is -0.372 e. The fraction of sp³-hybridized carbons (Fsp3) is 0.154. The Morgan fingerprint density at radius 3 is 2.47 bits per heavy atom. The zero-order valence-electron chi connectivity index (χ0n) is 10.4. The molecule has 0 aliphatic carbocycles. The van der Waals surface area contributed by atoms with E-state index in [9.17, 15) is 9.18 Å². The summed E-state index contributed by atoms with van der Waals surface area (Å²) < 4.78 is 12.7. The number of anilines is 1. The van der Waals surface area contributed by atoms with Gasteiger partial charge in [-0.25, -0.2) is 4.39 Å². The van der Waals surface area contributed by atoms with E-state index in [1.165, 1.54) is 12.1 Å². The highest BCUT2D eigenvalue weighted by atomic mass is 19.1. The molecule has 0 saturated heterocycles. The van der Waals surface area contributed by atoms with Gasteiger partial charge in [0.2, 0.25) is 0 Å². The van der Waals surface area contributed by atoms with Gasteiger partial charge in [-0.3, -0.25) is 4.79 Å². The van der Waals surface area contributed by atoms with E-state index in [2.05, 4.69) is 20.8 Å². The lowest BCUT2D eigenvalue weighted by molar-refractivity contribution is 0.0945. The van der Waals surface area contributed by atoms with Crippen molar-refractivity contribution >= 4 is 11.7 Å². The van der Waals surface area contributed by atoms with Gasteiger partial charge in [0.05, 0.1) is 0 Å². The van der Waals surface area contributed by atoms with Crippen LogP contribution in [0.2, 0.25) is 0 Å². The van der Waals surface area contributed by atoms with Crippen molar-refractivity contribution in [3.05, 3.63) is 53.5 Å². The van der Waals surface area contributed by atoms with Crippen LogP contribution < -0.4 is 10.6 Å². The molecular weight excluding hydrogens is 247 g/mol. The molecular formula is C13H13FN4O. The number of nitrogens with zero attached hydrogens (tertiary/aromatic N) is 2. The number of carbonyl (C=O) groups is 1. The van der Waals surface area contributed by atoms with E-state index in [0.29, 0.717) is 12.4 Å². The Labute approximate surface area is 109 Å². The summed E-state index contributed by atoms with van der Waals surface area (Å²) in [5, 5.41) is 13.1. The number of halogens is 1. The van der Waals surface area contributed by atoms with Crippen LogP contribution in [0.15, 0.2) is 36.4 Å². The first-order chi connectivity index (χ1) is 9.19. The first-order valence-corrected chi connectivity index (χ1v) is 5.73. The monoisotopic (exact) mass is 260 g/mol. The molecule has 0 saturated carbocycles. The number of aromatic nitrogens is 2. The molecule has 0 radical (unpaired) electrons. The van der Waals surface area contributed by atoms with Crippen LogP contribution >= 0.6 is 0 Å². The second kappa shape index (κ2) is 5.90. The summed E-state index contributed by atoms with van der Waals surface area (Å²) in [5.74, 6) is -0.0295. The Bertz CT molecular complexity index is 554. The maximum absolute atomic E-state index is 12.7. The summed E-state index contributed by atoms with van der Waals surface area (Å²) in [6.07, 6.45) is 0. The second-order valence-corrected chi connectivity index (χ2v) is 3.86. The SMILES string of the molecule is CNc1ccc(C(=O)NCc2ccc(F)cc2)nn1. The van der Waals surface area contributed by atoms with Crippen molar-refractivity contribution in [3.8, 4) is 0 Å². The minimum atomic E-state index is -0.320. The van der Waals surface area contributed by atoms with Crippen LogP contribution in [-0.4, -0.2) is 23.2 Å². The van der Waals surface area contributed by atoms with E-state index in [0.717, 1.165) is 5.56 Å². The lowest BCUT2D eigenvalue weighted by Gasteiger charge is -2.05. The third-order valence-corrected chi connectivity index (χ3v) is 2.52. The molecule has 1 aromatic heterocycles. The number of rotatable bonds is 4. The maximum Gasteiger partial charge on any atom is 0.272 e. The van der Waals surface area contributed by atoms with Crippen LogP contribution in [0.25, 0.3) is 0 Å². The highest BCUT2D eigenvalue weighted by Gasteiger charge is 2.07. The third kappa shape index (κ3) is 3.48. The Hall–Kier alpha value is -2.50. The highest BCUT2D eigenvalue weighted by Crippen LogP contribution is 2.04. The Morgan fingerprint density at radius 1 is 1.16 bits per heavy atom. The van der Waals surface area contributed by atoms with Gasteiger partial charge in [-0.2, -0.15) is 0 Å². The van der Waals surface area contributed by atoms with Crippen LogP contribution in [0.5, 0.6) is 0 Å². The Kier molecular flexibility index (Phi) is 4.02. The van der Waals surface area contributed by atoms with E-state index < -0.39 is 0 Å². The van der Waals surface area contributed by atoms with Crippen molar-refractivity contribution in [1.29, 1.82) is 0 Å². The fourth-order valence-electron chi connectivity index (χ4n) is 1.46. The number of nitrogens with one attached hydrogen (secondary N) is 2. The Balaban J connectivity index is 1.95. The molecule has 0 bridgehead atoms. The zero-order chi connectivity index (χ0) is 13.7. The van der Waals surface area contributed by atoms with Gasteiger partial charge in [-0.15, -0.1) is 10.2 Å². The summed E-state index contributed by atoms with van der Waals surface area (Å²) in [7, 11) is 1.72. The van der Waals surface area contributed by atoms with Crippen molar-refractivity contribution in [2.45, 2.75) is 6.54 Å². The van der Waals surface area contributed by atoms with Crippen LogP contribution in [0, 0.1) is 5.82 Å². The van der Waals surface area contributed by atoms with Crippen LogP contribution in [0.1, 0.15) is 16.1 Å². The van der Waals surface area contributed by atoms with Crippen molar-refractivity contribution < 1.29 is 9.18 Å². The van der Waals surface area contributed by atoms with E-state index >= 15 is 0 Å². The van der Waals surface area contributed by atoms with Crippen molar-refractivity contribution in [3.63, 3.8) is 0 Å². The smallest absolute Gasteiger partial charge is 0.272 e. The summed E-state index contributed by atoms with van der Waals surface area (Å²) in [5.41, 5.74) is 1.05. The lowest BCUT2D eigenvalue weighted by atomic mass is 10.2. The quantitative estimate of drug-likeness (QED) is 0.876. The lowest BCUT2D eigenvalue weighted by Crippen LogP contribution is -2.24. The maximum atomic E-state index is 12.7. The average molecular weight is 260 g/mol. The third-order valence-electron chi connectivity index (χ3n) is 2.52. The van der Waals surface area contributed by atoms with Crippen molar-refractivity contribution in [1.82, 2.24) is 15.5 Å². The van der Waals surface area contributed by atoms with Gasteiger partial charge < -0.3 is 10.6 Å². The van der Waals surface area contributed by atoms with Gasteiger partial charge in [0.15, 0.2) is 5.69 Å². The molecule has 1 heterocycles. The predicted octanol–water partition coefficient (Wildman–Crippen LogP) is 1.59. The number of hydrogen-bond acceptors (Lipinski definition) is 4. The fourth-order valence-corrected chi connectivity index (χ4v) is 1.46. The Morgan fingerprint density at radius 2 is 1.89 bits per heavy atom. The van der Waals surface area contributed by atoms with E-state index in [1.807, 2.05) is 0 Å². The molecule has 5 nitrogen and oxygen atoms in total. The van der Waals surface area contributed by atoms with E-state index in [-0.39, 0.29) is 17.4 Å². The average Bonchev–Trinajstić information content (AvgIpc) is 2.46. The normalized spacial score (nSPS) is 10.0. The molecule has 98 valence electrons. The molecule has 1 aromatic carbocycles. The van der Waals surface area contributed by atoms with Gasteiger partial charge >= 0.3 is 0 Å². The number of carbonyl (C=O) groups excluding carboxylic acids is 1. The molecule has 0 atom stereocenters. The largest absolute Gasteiger partial charge is 0.372 e. The van der Waals surface area contributed by atoms with Crippen molar-refractivity contribution in [2.75, 3.05) is 12.4 Å². The standard InChI is InChI=1S/C13H13FN4O/c1-15-12-7-6-11(17-18-12)13(19)16-8-9-2-4-10(14)5-3-9/h2-7H,8H2,1H3,(H,15,18)(H,16,19). The molecule has 1 amide bonds. The van der Waals surface area contributed by atoms with E-state index in [4.69, 9.17) is 0 Å². The second-order valence-electron chi connectivity index (χ2n) is 3.86. The summed E-state index contributed by atoms with van der Waals surface area (Å²) in [6.45, 7) is 0.314. The topological polar surface area (TPSA) is 66.9 Å². The molecule has 0 spiro atoms. The molecule has 0 aliphatic heterocycles. The first-order valence-electron chi connectivity index (χ1n) is 5.73. The molecule has 19 heavy (non-hydrogen) atoms. The van der Waals surface area contributed by atoms with Gasteiger partial charge in [-0.05, 0) is 29.8 Å². The molecule has 6 heteroatoms. The zero-order valence-corrected chi connectivity index (χ0v) is 10.4. The van der Waals surface area contributed by atoms with Crippen LogP contribution in [0.4, 0.5) is 10.2 Å². The van der Waals surface area contributed by atoms with Gasteiger partial charge in [0.1, 0.15) is 11.6 Å². The number of benzene rings is 1. The molecule has 2 rings (SSSR count). The van der Waals surface area contributed by atoms with Crippen LogP contribution in [-0.2, 0) is 6.54 Å². The van der Waals surface area contributed by atoms with Gasteiger partial charge in [0.25, 0.3) is 5.91 Å². The molecule has 0 aliphatic rings. The highest BCUT2D eigenvalue weighted by molar-refractivity contribution is 5.92. The summed E-state index contributed by atoms with van der Waals surface area (Å²) in [6, 6.07) is 9.18. The first kappa shape index (κ1) is 12.9. The molecule has 2 N–H and O–H groups in total. The molecule has 0 fully saturated rings. The van der Waals surface area contributed by atoms with Gasteiger partial charge in [0, 0.05) is 13.6 Å². The van der Waals surface area contributed by atoms with Crippen molar-refractivity contribution in [2.24, 2.45) is 0 Å². The molecule has 0 unspecified atom stereocenters. The van der Waals surface area contributed by atoms with Crippen LogP contribution in [0.3, 0.4) is 0 Å². The predicted molar refractivity (Wildman–Crippen MR) is 69.1 cm³/mol. The number of hydrogen-bond donors (Lipinski definition) is 2. The van der Waals surface area contributed by atoms with Gasteiger partial charge in [-0.1, -0.05) is 12.1 Å². The minimum absolute atomic E-state index is 0.237.